The van der Waals surface area contributed by atoms with Crippen molar-refractivity contribution < 1.29 is 27.1 Å². The van der Waals surface area contributed by atoms with Crippen molar-refractivity contribution in [3.63, 3.8) is 0 Å². The van der Waals surface area contributed by atoms with Gasteiger partial charge >= 0.3 is 0 Å². The third kappa shape index (κ3) is 4.64. The highest BCUT2D eigenvalue weighted by atomic mass is 32.2. The van der Waals surface area contributed by atoms with Crippen LogP contribution in [0.1, 0.15) is 17.3 Å². The van der Waals surface area contributed by atoms with Crippen molar-refractivity contribution in [2.24, 2.45) is 4.99 Å². The molecule has 5 rings (SSSR count). The highest BCUT2D eigenvalue weighted by Crippen LogP contribution is 2.35. The first-order valence-corrected chi connectivity index (χ1v) is 13.0. The summed E-state index contributed by atoms with van der Waals surface area (Å²) in [5, 5.41) is 0. The summed E-state index contributed by atoms with van der Waals surface area (Å²) in [4.78, 5) is 17.7. The lowest BCUT2D eigenvalue weighted by Gasteiger charge is -2.18. The number of fused-ring (bicyclic) bond motifs is 2. The van der Waals surface area contributed by atoms with Crippen molar-refractivity contribution in [3.05, 3.63) is 76.8 Å². The van der Waals surface area contributed by atoms with Crippen LogP contribution in [0.3, 0.4) is 0 Å². The number of rotatable bonds is 5. The second kappa shape index (κ2) is 9.16. The number of halogens is 1. The number of thiazole rings is 1. The van der Waals surface area contributed by atoms with E-state index in [1.165, 1.54) is 35.6 Å². The molecule has 0 bridgehead atoms. The smallest absolute Gasteiger partial charge is 0.279 e. The van der Waals surface area contributed by atoms with E-state index in [1.54, 1.807) is 12.1 Å². The van der Waals surface area contributed by atoms with Crippen LogP contribution < -0.4 is 19.0 Å². The van der Waals surface area contributed by atoms with Crippen LogP contribution in [0.15, 0.2) is 70.6 Å². The van der Waals surface area contributed by atoms with Gasteiger partial charge in [0.05, 0.1) is 15.1 Å². The van der Waals surface area contributed by atoms with E-state index in [9.17, 15) is 17.6 Å². The van der Waals surface area contributed by atoms with Crippen molar-refractivity contribution in [2.75, 3.05) is 17.9 Å². The fourth-order valence-corrected chi connectivity index (χ4v) is 5.84. The van der Waals surface area contributed by atoms with Gasteiger partial charge in [0.1, 0.15) is 19.0 Å². The molecule has 1 aliphatic rings. The molecule has 0 aliphatic carbocycles. The van der Waals surface area contributed by atoms with Gasteiger partial charge in [0.2, 0.25) is 0 Å². The highest BCUT2D eigenvalue weighted by Gasteiger charge is 2.18. The SMILES string of the molecule is CCn1c(=NC(=O)c2cccc(NS(=O)(=O)c3ccc(F)cc3)c2)sc2cc3c(cc21)OCCO3. The van der Waals surface area contributed by atoms with E-state index < -0.39 is 21.7 Å². The predicted molar refractivity (Wildman–Crippen MR) is 130 cm³/mol. The van der Waals surface area contributed by atoms with Crippen LogP contribution in [0, 0.1) is 5.82 Å². The zero-order chi connectivity index (χ0) is 24.6. The summed E-state index contributed by atoms with van der Waals surface area (Å²) in [7, 11) is -3.95. The molecule has 0 radical (unpaired) electrons. The van der Waals surface area contributed by atoms with Crippen molar-refractivity contribution in [1.82, 2.24) is 4.57 Å². The third-order valence-electron chi connectivity index (χ3n) is 5.35. The monoisotopic (exact) mass is 513 g/mol. The number of carbonyl (C=O) groups is 1. The van der Waals surface area contributed by atoms with Gasteiger partial charge in [-0.3, -0.25) is 9.52 Å². The van der Waals surface area contributed by atoms with Crippen LogP contribution in [0.2, 0.25) is 0 Å². The lowest BCUT2D eigenvalue weighted by molar-refractivity contribution is 0.0998. The lowest BCUT2D eigenvalue weighted by Crippen LogP contribution is -2.17. The molecular weight excluding hydrogens is 493 g/mol. The molecule has 35 heavy (non-hydrogen) atoms. The maximum Gasteiger partial charge on any atom is 0.279 e. The minimum Gasteiger partial charge on any atom is -0.486 e. The number of nitrogens with one attached hydrogen (secondary N) is 1. The van der Waals surface area contributed by atoms with Crippen LogP contribution in [0.4, 0.5) is 10.1 Å². The van der Waals surface area contributed by atoms with Gasteiger partial charge in [-0.1, -0.05) is 17.4 Å². The molecule has 4 aromatic rings. The van der Waals surface area contributed by atoms with E-state index in [0.717, 1.165) is 22.3 Å². The third-order valence-corrected chi connectivity index (χ3v) is 7.78. The molecule has 0 atom stereocenters. The topological polar surface area (TPSA) is 99.0 Å². The normalized spacial score (nSPS) is 13.7. The maximum atomic E-state index is 13.1. The summed E-state index contributed by atoms with van der Waals surface area (Å²) >= 11 is 1.35. The first-order valence-electron chi connectivity index (χ1n) is 10.7. The number of anilines is 1. The van der Waals surface area contributed by atoms with Crippen LogP contribution in [-0.4, -0.2) is 32.1 Å². The molecule has 1 N–H and O–H groups in total. The Hall–Kier alpha value is -3.70. The largest absolute Gasteiger partial charge is 0.486 e. The molecule has 0 saturated heterocycles. The van der Waals surface area contributed by atoms with Crippen LogP contribution >= 0.6 is 11.3 Å². The van der Waals surface area contributed by atoms with Gasteiger partial charge in [-0.15, -0.1) is 0 Å². The number of ether oxygens (including phenoxy) is 2. The Morgan fingerprint density at radius 1 is 1.09 bits per heavy atom. The Morgan fingerprint density at radius 3 is 2.51 bits per heavy atom. The zero-order valence-electron chi connectivity index (χ0n) is 18.5. The summed E-state index contributed by atoms with van der Waals surface area (Å²) in [6.07, 6.45) is 0. The van der Waals surface area contributed by atoms with E-state index >= 15 is 0 Å². The Labute approximate surface area is 204 Å². The molecule has 1 aromatic heterocycles. The second-order valence-corrected chi connectivity index (χ2v) is 10.3. The molecule has 0 unspecified atom stereocenters. The van der Waals surface area contributed by atoms with Crippen molar-refractivity contribution in [2.45, 2.75) is 18.4 Å². The zero-order valence-corrected chi connectivity index (χ0v) is 20.2. The first-order chi connectivity index (χ1) is 16.8. The van der Waals surface area contributed by atoms with E-state index in [2.05, 4.69) is 9.71 Å². The van der Waals surface area contributed by atoms with Gasteiger partial charge < -0.3 is 14.0 Å². The molecule has 1 amide bonds. The maximum absolute atomic E-state index is 13.1. The van der Waals surface area contributed by atoms with Gasteiger partial charge in [0.15, 0.2) is 16.3 Å². The second-order valence-electron chi connectivity index (χ2n) is 7.65. The molecule has 11 heteroatoms. The standard InChI is InChI=1S/C24H20FN3O5S2/c1-2-28-19-13-20-21(33-11-10-32-20)14-22(19)34-24(28)26-23(29)15-4-3-5-17(12-15)27-35(30,31)18-8-6-16(25)7-9-18/h3-9,12-14,27H,2,10-11H2,1H3. The minimum absolute atomic E-state index is 0.0924. The molecular formula is C24H20FN3O5S2. The predicted octanol–water partition coefficient (Wildman–Crippen LogP) is 4.17. The molecule has 1 aliphatic heterocycles. The van der Waals surface area contributed by atoms with Crippen molar-refractivity contribution >= 4 is 43.2 Å². The number of hydrogen-bond donors (Lipinski definition) is 1. The van der Waals surface area contributed by atoms with E-state index in [-0.39, 0.29) is 16.1 Å². The van der Waals surface area contributed by atoms with Gasteiger partial charge in [-0.05, 0) is 49.4 Å². The number of aromatic nitrogens is 1. The minimum atomic E-state index is -3.95. The Balaban J connectivity index is 1.47. The van der Waals surface area contributed by atoms with Gasteiger partial charge in [0, 0.05) is 29.9 Å². The van der Waals surface area contributed by atoms with Gasteiger partial charge in [0.25, 0.3) is 15.9 Å². The molecule has 0 fully saturated rings. The number of nitrogens with zero attached hydrogens (tertiary/aromatic N) is 2. The van der Waals surface area contributed by atoms with Crippen molar-refractivity contribution in [1.29, 1.82) is 0 Å². The molecule has 180 valence electrons. The van der Waals surface area contributed by atoms with Gasteiger partial charge in [-0.2, -0.15) is 4.99 Å². The molecule has 0 saturated carbocycles. The average molecular weight is 514 g/mol. The summed E-state index contributed by atoms with van der Waals surface area (Å²) in [5.74, 6) is 0.262. The summed E-state index contributed by atoms with van der Waals surface area (Å²) in [6, 6.07) is 14.3. The summed E-state index contributed by atoms with van der Waals surface area (Å²) < 4.78 is 54.9. The van der Waals surface area contributed by atoms with Gasteiger partial charge in [-0.25, -0.2) is 12.8 Å². The quantitative estimate of drug-likeness (QED) is 0.432. The van der Waals surface area contributed by atoms with E-state index in [4.69, 9.17) is 9.47 Å². The number of aryl methyl sites for hydroxylation is 1. The summed E-state index contributed by atoms with van der Waals surface area (Å²) in [5.41, 5.74) is 1.29. The van der Waals surface area contributed by atoms with Crippen LogP contribution in [0.5, 0.6) is 11.5 Å². The molecule has 8 nitrogen and oxygen atoms in total. The summed E-state index contributed by atoms with van der Waals surface area (Å²) in [6.45, 7) is 3.50. The van der Waals surface area contributed by atoms with Crippen molar-refractivity contribution in [3.8, 4) is 11.5 Å². The molecule has 0 spiro atoms. The number of amides is 1. The number of carbonyl (C=O) groups excluding carboxylic acids is 1. The molecule has 2 heterocycles. The Morgan fingerprint density at radius 2 is 1.80 bits per heavy atom. The lowest BCUT2D eigenvalue weighted by atomic mass is 10.2. The average Bonchev–Trinajstić information content (AvgIpc) is 3.18. The number of hydrogen-bond acceptors (Lipinski definition) is 6. The van der Waals surface area contributed by atoms with Crippen LogP contribution in [0.25, 0.3) is 10.2 Å². The number of benzene rings is 3. The fourth-order valence-electron chi connectivity index (χ4n) is 3.69. The van der Waals surface area contributed by atoms with Crippen LogP contribution in [-0.2, 0) is 16.6 Å². The molecule has 3 aromatic carbocycles. The first kappa shape index (κ1) is 23.1. The van der Waals surface area contributed by atoms with E-state index in [1.807, 2.05) is 23.6 Å². The fraction of sp³-hybridized carbons (Fsp3) is 0.167. The Kier molecular flexibility index (Phi) is 6.03. The Bertz CT molecular complexity index is 1610. The number of sulfonamides is 1. The highest BCUT2D eigenvalue weighted by molar-refractivity contribution is 7.92. The van der Waals surface area contributed by atoms with E-state index in [0.29, 0.717) is 36.1 Å².